The van der Waals surface area contributed by atoms with Crippen molar-refractivity contribution >= 4 is 11.8 Å². The molecule has 3 rings (SSSR count). The zero-order valence-electron chi connectivity index (χ0n) is 13.3. The Morgan fingerprint density at radius 2 is 1.88 bits per heavy atom. The van der Waals surface area contributed by atoms with Crippen LogP contribution in [0.25, 0.3) is 17.1 Å². The number of hydrogen-bond donors (Lipinski definition) is 2. The summed E-state index contributed by atoms with van der Waals surface area (Å²) in [4.78, 5) is 0. The highest BCUT2D eigenvalue weighted by Gasteiger charge is 2.17. The van der Waals surface area contributed by atoms with E-state index in [0.717, 1.165) is 22.6 Å². The van der Waals surface area contributed by atoms with Gasteiger partial charge < -0.3 is 10.2 Å². The van der Waals surface area contributed by atoms with Gasteiger partial charge in [0.25, 0.3) is 0 Å². The minimum atomic E-state index is -0.780. The van der Waals surface area contributed by atoms with Crippen molar-refractivity contribution in [2.45, 2.75) is 18.2 Å². The maximum absolute atomic E-state index is 9.62. The van der Waals surface area contributed by atoms with Gasteiger partial charge in [0, 0.05) is 17.0 Å². The van der Waals surface area contributed by atoms with E-state index in [4.69, 9.17) is 5.11 Å². The summed E-state index contributed by atoms with van der Waals surface area (Å²) in [6, 6.07) is 18.0. The molecule has 0 aliphatic carbocycles. The zero-order valence-corrected chi connectivity index (χ0v) is 14.1. The molecule has 0 aliphatic rings. The first-order chi connectivity index (χ1) is 11.7. The third-order valence-corrected chi connectivity index (χ3v) is 4.61. The van der Waals surface area contributed by atoms with Crippen molar-refractivity contribution in [3.05, 3.63) is 60.2 Å². The summed E-state index contributed by atoms with van der Waals surface area (Å²) in [6.45, 7) is 1.77. The standard InChI is InChI=1S/C18H19N3O2S/c1-13-6-5-9-15(10-13)21-17(14-7-3-2-4-8-14)19-20-18(21)24-12-16(23)11-22/h2-10,16,22-23H,11-12H2,1H3. The van der Waals surface area contributed by atoms with Crippen molar-refractivity contribution in [2.75, 3.05) is 12.4 Å². The zero-order chi connectivity index (χ0) is 16.9. The van der Waals surface area contributed by atoms with Crippen LogP contribution < -0.4 is 0 Å². The first-order valence-electron chi connectivity index (χ1n) is 7.68. The molecule has 5 nitrogen and oxygen atoms in total. The second kappa shape index (κ2) is 7.61. The molecule has 2 N–H and O–H groups in total. The van der Waals surface area contributed by atoms with Gasteiger partial charge in [-0.05, 0) is 24.6 Å². The summed E-state index contributed by atoms with van der Waals surface area (Å²) in [6.07, 6.45) is -0.780. The Bertz CT molecular complexity index is 805. The summed E-state index contributed by atoms with van der Waals surface area (Å²) >= 11 is 1.38. The molecule has 0 spiro atoms. The van der Waals surface area contributed by atoms with Crippen LogP contribution in [-0.4, -0.2) is 43.4 Å². The lowest BCUT2D eigenvalue weighted by Gasteiger charge is -2.12. The van der Waals surface area contributed by atoms with Gasteiger partial charge in [0.2, 0.25) is 0 Å². The Labute approximate surface area is 145 Å². The maximum atomic E-state index is 9.62. The number of nitrogens with zero attached hydrogens (tertiary/aromatic N) is 3. The molecule has 1 heterocycles. The van der Waals surface area contributed by atoms with E-state index in [1.165, 1.54) is 11.8 Å². The average Bonchev–Trinajstić information content (AvgIpc) is 3.04. The van der Waals surface area contributed by atoms with Crippen LogP contribution in [0.2, 0.25) is 0 Å². The molecule has 0 amide bonds. The molecule has 6 heteroatoms. The Kier molecular flexibility index (Phi) is 5.30. The van der Waals surface area contributed by atoms with Crippen LogP contribution >= 0.6 is 11.8 Å². The molecule has 124 valence electrons. The lowest BCUT2D eigenvalue weighted by Crippen LogP contribution is -2.15. The number of aliphatic hydroxyl groups excluding tert-OH is 2. The maximum Gasteiger partial charge on any atom is 0.196 e. The second-order valence-electron chi connectivity index (χ2n) is 5.49. The number of rotatable bonds is 6. The normalized spacial score (nSPS) is 12.3. The van der Waals surface area contributed by atoms with Crippen LogP contribution in [-0.2, 0) is 0 Å². The highest BCUT2D eigenvalue weighted by Crippen LogP contribution is 2.28. The highest BCUT2D eigenvalue weighted by molar-refractivity contribution is 7.99. The Hall–Kier alpha value is -2.15. The second-order valence-corrected chi connectivity index (χ2v) is 6.48. The summed E-state index contributed by atoms with van der Waals surface area (Å²) < 4.78 is 1.98. The summed E-state index contributed by atoms with van der Waals surface area (Å²) in [5.74, 6) is 1.11. The molecule has 1 atom stereocenters. The molecule has 1 unspecified atom stereocenters. The summed E-state index contributed by atoms with van der Waals surface area (Å²) in [7, 11) is 0. The molecule has 0 saturated carbocycles. The average molecular weight is 341 g/mol. The Morgan fingerprint density at radius 1 is 1.08 bits per heavy atom. The molecular formula is C18H19N3O2S. The van der Waals surface area contributed by atoms with E-state index < -0.39 is 6.10 Å². The number of benzene rings is 2. The number of aliphatic hydroxyl groups is 2. The molecular weight excluding hydrogens is 322 g/mol. The van der Waals surface area contributed by atoms with Gasteiger partial charge in [-0.1, -0.05) is 54.2 Å². The minimum Gasteiger partial charge on any atom is -0.394 e. The van der Waals surface area contributed by atoms with Crippen molar-refractivity contribution in [3.8, 4) is 17.1 Å². The predicted molar refractivity (Wildman–Crippen MR) is 95.3 cm³/mol. The van der Waals surface area contributed by atoms with Gasteiger partial charge in [0.1, 0.15) is 0 Å². The summed E-state index contributed by atoms with van der Waals surface area (Å²) in [5, 5.41) is 28.0. The number of thioether (sulfide) groups is 1. The van der Waals surface area contributed by atoms with E-state index in [1.807, 2.05) is 60.0 Å². The number of hydrogen-bond acceptors (Lipinski definition) is 5. The van der Waals surface area contributed by atoms with Crippen molar-refractivity contribution in [1.29, 1.82) is 0 Å². The number of aryl methyl sites for hydroxylation is 1. The van der Waals surface area contributed by atoms with Crippen molar-refractivity contribution < 1.29 is 10.2 Å². The molecule has 0 radical (unpaired) electrons. The van der Waals surface area contributed by atoms with Crippen LogP contribution in [0.15, 0.2) is 59.8 Å². The van der Waals surface area contributed by atoms with Crippen LogP contribution in [0, 0.1) is 6.92 Å². The molecule has 0 fully saturated rings. The Morgan fingerprint density at radius 3 is 2.58 bits per heavy atom. The van der Waals surface area contributed by atoms with Gasteiger partial charge in [-0.2, -0.15) is 0 Å². The predicted octanol–water partition coefficient (Wildman–Crippen LogP) is 2.69. The SMILES string of the molecule is Cc1cccc(-n2c(SCC(O)CO)nnc2-c2ccccc2)c1. The smallest absolute Gasteiger partial charge is 0.196 e. The lowest BCUT2D eigenvalue weighted by atomic mass is 10.2. The third kappa shape index (κ3) is 3.67. The van der Waals surface area contributed by atoms with Gasteiger partial charge in [0.15, 0.2) is 11.0 Å². The monoisotopic (exact) mass is 341 g/mol. The fraction of sp³-hybridized carbons (Fsp3) is 0.222. The van der Waals surface area contributed by atoms with E-state index in [1.54, 1.807) is 0 Å². The Balaban J connectivity index is 2.05. The van der Waals surface area contributed by atoms with E-state index in [0.29, 0.717) is 10.9 Å². The van der Waals surface area contributed by atoms with Crippen LogP contribution in [0.4, 0.5) is 0 Å². The molecule has 0 bridgehead atoms. The van der Waals surface area contributed by atoms with Gasteiger partial charge in [-0.25, -0.2) is 0 Å². The van der Waals surface area contributed by atoms with Crippen molar-refractivity contribution in [1.82, 2.24) is 14.8 Å². The van der Waals surface area contributed by atoms with Crippen LogP contribution in [0.1, 0.15) is 5.56 Å². The lowest BCUT2D eigenvalue weighted by molar-refractivity contribution is 0.113. The molecule has 3 aromatic rings. The molecule has 2 aromatic carbocycles. The van der Waals surface area contributed by atoms with Crippen molar-refractivity contribution in [2.24, 2.45) is 0 Å². The molecule has 0 saturated heterocycles. The van der Waals surface area contributed by atoms with Crippen LogP contribution in [0.5, 0.6) is 0 Å². The van der Waals surface area contributed by atoms with E-state index >= 15 is 0 Å². The van der Waals surface area contributed by atoms with E-state index in [2.05, 4.69) is 16.3 Å². The fourth-order valence-electron chi connectivity index (χ4n) is 2.36. The van der Waals surface area contributed by atoms with Gasteiger partial charge in [0.05, 0.1) is 12.7 Å². The van der Waals surface area contributed by atoms with Gasteiger partial charge >= 0.3 is 0 Å². The highest BCUT2D eigenvalue weighted by atomic mass is 32.2. The van der Waals surface area contributed by atoms with Gasteiger partial charge in [-0.3, -0.25) is 4.57 Å². The first-order valence-corrected chi connectivity index (χ1v) is 8.67. The molecule has 0 aliphatic heterocycles. The van der Waals surface area contributed by atoms with E-state index in [9.17, 15) is 5.11 Å². The molecule has 1 aromatic heterocycles. The summed E-state index contributed by atoms with van der Waals surface area (Å²) in [5.41, 5.74) is 3.09. The fourth-order valence-corrected chi connectivity index (χ4v) is 3.23. The van der Waals surface area contributed by atoms with Gasteiger partial charge in [-0.15, -0.1) is 10.2 Å². The quantitative estimate of drug-likeness (QED) is 0.675. The third-order valence-electron chi connectivity index (χ3n) is 3.54. The van der Waals surface area contributed by atoms with E-state index in [-0.39, 0.29) is 6.61 Å². The number of aromatic nitrogens is 3. The minimum absolute atomic E-state index is 0.267. The largest absolute Gasteiger partial charge is 0.394 e. The van der Waals surface area contributed by atoms with Crippen LogP contribution in [0.3, 0.4) is 0 Å². The first kappa shape index (κ1) is 16.7. The molecule has 24 heavy (non-hydrogen) atoms. The topological polar surface area (TPSA) is 71.2 Å². The van der Waals surface area contributed by atoms with Crippen molar-refractivity contribution in [3.63, 3.8) is 0 Å².